The van der Waals surface area contributed by atoms with Crippen LogP contribution in [0, 0.1) is 0 Å². The van der Waals surface area contributed by atoms with Crippen LogP contribution in [0.1, 0.15) is 129 Å². The van der Waals surface area contributed by atoms with Crippen LogP contribution in [0.25, 0.3) is 0 Å². The summed E-state index contributed by atoms with van der Waals surface area (Å²) in [6.45, 7) is 8.79. The maximum atomic E-state index is 11.1. The SMILES string of the molecule is CCCCCCCCCCCCN(CCCS(=O)(=O)[O-])CCN(CCCCCCCC)CCCS(=O)(=O)[O-].[Na+].[Na+]. The van der Waals surface area contributed by atoms with Crippen molar-refractivity contribution in [2.45, 2.75) is 129 Å². The molecule has 230 valence electrons. The molecule has 0 saturated carbocycles. The van der Waals surface area contributed by atoms with Gasteiger partial charge in [0.25, 0.3) is 0 Å². The predicted molar refractivity (Wildman–Crippen MR) is 156 cm³/mol. The van der Waals surface area contributed by atoms with Crippen LogP contribution in [-0.2, 0) is 20.2 Å². The minimum absolute atomic E-state index is 0. The van der Waals surface area contributed by atoms with Crippen LogP contribution in [0.2, 0.25) is 0 Å². The summed E-state index contributed by atoms with van der Waals surface area (Å²) in [5.41, 5.74) is 0. The van der Waals surface area contributed by atoms with Crippen LogP contribution in [0.4, 0.5) is 0 Å². The fourth-order valence-electron chi connectivity index (χ4n) is 4.82. The monoisotopic (exact) mass is 628 g/mol. The van der Waals surface area contributed by atoms with Gasteiger partial charge in [0.1, 0.15) is 0 Å². The van der Waals surface area contributed by atoms with E-state index in [1.54, 1.807) is 0 Å². The fraction of sp³-hybridized carbons (Fsp3) is 1.00. The molecule has 0 spiro atoms. The third kappa shape index (κ3) is 35.9. The van der Waals surface area contributed by atoms with Crippen molar-refractivity contribution in [2.24, 2.45) is 0 Å². The summed E-state index contributed by atoms with van der Waals surface area (Å²) in [6.07, 6.45) is 20.3. The third-order valence-electron chi connectivity index (χ3n) is 7.13. The summed E-state index contributed by atoms with van der Waals surface area (Å²) >= 11 is 0. The molecule has 0 bridgehead atoms. The van der Waals surface area contributed by atoms with Crippen molar-refractivity contribution in [3.05, 3.63) is 0 Å². The number of hydrogen-bond acceptors (Lipinski definition) is 8. The van der Waals surface area contributed by atoms with Gasteiger partial charge in [0.05, 0.1) is 20.2 Å². The number of unbranched alkanes of at least 4 members (excludes halogenated alkanes) is 14. The molecule has 0 aromatic heterocycles. The minimum Gasteiger partial charge on any atom is -0.748 e. The Morgan fingerprint density at radius 1 is 0.400 bits per heavy atom. The van der Waals surface area contributed by atoms with Crippen molar-refractivity contribution < 1.29 is 85.1 Å². The van der Waals surface area contributed by atoms with E-state index in [0.29, 0.717) is 25.9 Å². The second-order valence-electron chi connectivity index (χ2n) is 10.9. The quantitative estimate of drug-likeness (QED) is 0.0632. The Bertz CT molecular complexity index is 743. The first kappa shape index (κ1) is 46.2. The molecule has 0 aliphatic heterocycles. The van der Waals surface area contributed by atoms with Crippen molar-refractivity contribution in [2.75, 3.05) is 50.8 Å². The van der Waals surface area contributed by atoms with Gasteiger partial charge >= 0.3 is 59.1 Å². The Morgan fingerprint density at radius 3 is 0.925 bits per heavy atom. The van der Waals surface area contributed by atoms with E-state index in [-0.39, 0.29) is 70.6 Å². The number of rotatable bonds is 29. The molecule has 0 aliphatic rings. The average Bonchev–Trinajstić information content (AvgIpc) is 2.83. The van der Waals surface area contributed by atoms with Crippen molar-refractivity contribution in [3.8, 4) is 0 Å². The van der Waals surface area contributed by atoms with Crippen LogP contribution < -0.4 is 59.1 Å². The summed E-state index contributed by atoms with van der Waals surface area (Å²) in [5.74, 6) is -0.686. The van der Waals surface area contributed by atoms with E-state index in [4.69, 9.17) is 0 Å². The molecule has 0 aromatic carbocycles. The predicted octanol–water partition coefficient (Wildman–Crippen LogP) is -0.250. The maximum Gasteiger partial charge on any atom is 1.00 e. The smallest absolute Gasteiger partial charge is 0.748 e. The molecule has 40 heavy (non-hydrogen) atoms. The van der Waals surface area contributed by atoms with Gasteiger partial charge in [-0.2, -0.15) is 0 Å². The zero-order valence-corrected chi connectivity index (χ0v) is 32.2. The van der Waals surface area contributed by atoms with E-state index < -0.39 is 20.2 Å². The molecule has 0 N–H and O–H groups in total. The standard InChI is InChI=1S/C28H60N2O6S2.2Na/c1-3-5-7-9-11-12-13-14-16-18-22-30(24-20-28-38(34,35)36)26-25-29(23-19-27-37(31,32)33)21-17-15-10-8-6-4-2;;/h3-28H2,1-2H3,(H,31,32,33)(H,34,35,36);;/q;2*+1/p-2. The van der Waals surface area contributed by atoms with Gasteiger partial charge in [-0.05, 0) is 51.9 Å². The van der Waals surface area contributed by atoms with Gasteiger partial charge in [0.15, 0.2) is 0 Å². The first-order valence-corrected chi connectivity index (χ1v) is 18.5. The Balaban J connectivity index is -0.00000684. The fourth-order valence-corrected chi connectivity index (χ4v) is 5.79. The van der Waals surface area contributed by atoms with E-state index in [0.717, 1.165) is 51.9 Å². The largest absolute Gasteiger partial charge is 1.00 e. The number of hydrogen-bond donors (Lipinski definition) is 0. The molecule has 0 heterocycles. The molecule has 0 aliphatic carbocycles. The van der Waals surface area contributed by atoms with Gasteiger partial charge in [0.2, 0.25) is 0 Å². The van der Waals surface area contributed by atoms with Crippen LogP contribution in [0.15, 0.2) is 0 Å². The van der Waals surface area contributed by atoms with Gasteiger partial charge in [0, 0.05) is 24.6 Å². The van der Waals surface area contributed by atoms with E-state index in [1.807, 2.05) is 0 Å². The van der Waals surface area contributed by atoms with Crippen molar-refractivity contribution in [3.63, 3.8) is 0 Å². The molecule has 0 amide bonds. The van der Waals surface area contributed by atoms with Crippen molar-refractivity contribution >= 4 is 20.2 Å². The molecular weight excluding hydrogens is 570 g/mol. The second-order valence-corrected chi connectivity index (χ2v) is 13.9. The zero-order chi connectivity index (χ0) is 28.5. The van der Waals surface area contributed by atoms with E-state index in [9.17, 15) is 25.9 Å². The van der Waals surface area contributed by atoms with Gasteiger partial charge in [-0.25, -0.2) is 16.8 Å². The zero-order valence-electron chi connectivity index (χ0n) is 26.5. The molecule has 0 aromatic rings. The van der Waals surface area contributed by atoms with Gasteiger partial charge in [-0.3, -0.25) is 0 Å². The molecule has 0 fully saturated rings. The molecule has 0 saturated heterocycles. The summed E-state index contributed by atoms with van der Waals surface area (Å²) < 4.78 is 66.4. The van der Waals surface area contributed by atoms with Crippen molar-refractivity contribution in [1.82, 2.24) is 9.80 Å². The van der Waals surface area contributed by atoms with Gasteiger partial charge < -0.3 is 18.9 Å². The molecule has 12 heteroatoms. The molecular formula is C28H58N2Na2O6S2. The Kier molecular flexibility index (Phi) is 35.5. The first-order chi connectivity index (χ1) is 18.1. The average molecular weight is 629 g/mol. The van der Waals surface area contributed by atoms with Gasteiger partial charge in [-0.1, -0.05) is 104 Å². The van der Waals surface area contributed by atoms with Crippen LogP contribution in [0.3, 0.4) is 0 Å². The topological polar surface area (TPSA) is 121 Å². The number of nitrogens with zero attached hydrogens (tertiary/aromatic N) is 2. The summed E-state index contributed by atoms with van der Waals surface area (Å²) in [7, 11) is -8.43. The maximum absolute atomic E-state index is 11.1. The van der Waals surface area contributed by atoms with Crippen LogP contribution in [-0.4, -0.2) is 86.5 Å². The Labute approximate surface area is 292 Å². The third-order valence-corrected chi connectivity index (χ3v) is 8.70. The minimum atomic E-state index is -4.22. The molecule has 0 rings (SSSR count). The van der Waals surface area contributed by atoms with E-state index >= 15 is 0 Å². The van der Waals surface area contributed by atoms with Crippen molar-refractivity contribution in [1.29, 1.82) is 0 Å². The summed E-state index contributed by atoms with van der Waals surface area (Å²) in [5, 5.41) is 0. The molecule has 8 nitrogen and oxygen atoms in total. The molecule has 0 unspecified atom stereocenters. The van der Waals surface area contributed by atoms with Crippen LogP contribution in [0.5, 0.6) is 0 Å². The second kappa shape index (κ2) is 30.8. The molecule has 0 radical (unpaired) electrons. The Morgan fingerprint density at radius 2 is 0.650 bits per heavy atom. The first-order valence-electron chi connectivity index (χ1n) is 15.4. The van der Waals surface area contributed by atoms with Crippen LogP contribution >= 0.6 is 0 Å². The van der Waals surface area contributed by atoms with E-state index in [2.05, 4.69) is 23.6 Å². The molecule has 0 atom stereocenters. The normalized spacial score (nSPS) is 12.1. The summed E-state index contributed by atoms with van der Waals surface area (Å²) in [6, 6.07) is 0. The summed E-state index contributed by atoms with van der Waals surface area (Å²) in [4.78, 5) is 4.48. The van der Waals surface area contributed by atoms with E-state index in [1.165, 1.54) is 77.0 Å². The Hall–Kier alpha value is 1.74. The van der Waals surface area contributed by atoms with Gasteiger partial charge in [-0.15, -0.1) is 0 Å².